The summed E-state index contributed by atoms with van der Waals surface area (Å²) in [6.07, 6.45) is 3.70. The number of amides is 2. The lowest BCUT2D eigenvalue weighted by molar-refractivity contribution is -0.144. The van der Waals surface area contributed by atoms with E-state index in [4.69, 9.17) is 10.8 Å². The number of piperidine rings is 1. The third kappa shape index (κ3) is 3.01. The molecule has 5 heterocycles. The van der Waals surface area contributed by atoms with Crippen LogP contribution in [0, 0.1) is 27.9 Å². The molecule has 13 heteroatoms. The molecule has 4 unspecified atom stereocenters. The molecule has 4 aliphatic heterocycles. The Balaban J connectivity index is 1.24. The molecule has 4 atom stereocenters. The zero-order valence-corrected chi connectivity index (χ0v) is 22.4. The highest BCUT2D eigenvalue weighted by Crippen LogP contribution is 2.74. The molecule has 40 heavy (non-hydrogen) atoms. The Kier molecular flexibility index (Phi) is 5.14. The van der Waals surface area contributed by atoms with E-state index in [0.29, 0.717) is 44.1 Å². The van der Waals surface area contributed by atoms with Crippen molar-refractivity contribution >= 4 is 33.7 Å². The lowest BCUT2D eigenvalue weighted by atomic mass is 9.70. The molecule has 0 radical (unpaired) electrons. The fourth-order valence-corrected chi connectivity index (χ4v) is 8.34. The van der Waals surface area contributed by atoms with Gasteiger partial charge in [0.05, 0.1) is 22.1 Å². The Hall–Kier alpha value is -3.74. The summed E-state index contributed by atoms with van der Waals surface area (Å²) in [4.78, 5) is 43.3. The normalized spacial score (nSPS) is 29.2. The van der Waals surface area contributed by atoms with Crippen LogP contribution < -0.4 is 10.4 Å². The first-order valence-electron chi connectivity index (χ1n) is 13.2. The molecule has 1 saturated carbocycles. The number of rotatable bonds is 4. The number of thioether (sulfide) groups is 1. The number of nitrogens with zero attached hydrogens (tertiary/aromatic N) is 4. The lowest BCUT2D eigenvalue weighted by Gasteiger charge is -2.69. The number of aromatic nitrogens is 1. The van der Waals surface area contributed by atoms with Gasteiger partial charge in [-0.15, -0.1) is 0 Å². The summed E-state index contributed by atoms with van der Waals surface area (Å²) in [5.41, 5.74) is -2.16. The summed E-state index contributed by atoms with van der Waals surface area (Å²) in [7, 11) is 0. The van der Waals surface area contributed by atoms with Gasteiger partial charge in [-0.3, -0.25) is 34.9 Å². The van der Waals surface area contributed by atoms with Gasteiger partial charge in [0.1, 0.15) is 22.3 Å². The maximum absolute atomic E-state index is 14.1. The smallest absolute Gasteiger partial charge is 0.278 e. The number of hydrogen-bond acceptors (Lipinski definition) is 8. The summed E-state index contributed by atoms with van der Waals surface area (Å²) in [5.74, 6) is -2.64. The molecule has 1 aromatic carbocycles. The zero-order valence-electron chi connectivity index (χ0n) is 21.5. The number of halogens is 2. The second kappa shape index (κ2) is 8.15. The first-order chi connectivity index (χ1) is 19.0. The van der Waals surface area contributed by atoms with Crippen molar-refractivity contribution in [2.24, 2.45) is 5.41 Å². The second-order valence-electron chi connectivity index (χ2n) is 11.2. The first kappa shape index (κ1) is 25.2. The fraction of sp³-hybridized carbons (Fsp3) is 0.444. The number of aromatic hydroxyl groups is 1. The Labute approximate surface area is 231 Å². The fourth-order valence-electron chi connectivity index (χ4n) is 7.61. The van der Waals surface area contributed by atoms with E-state index in [9.17, 15) is 28.3 Å². The summed E-state index contributed by atoms with van der Waals surface area (Å²) >= 11 is 0.627. The average Bonchev–Trinajstić information content (AvgIpc) is 3.38. The summed E-state index contributed by atoms with van der Waals surface area (Å²) in [6.45, 7) is 2.79. The van der Waals surface area contributed by atoms with Crippen molar-refractivity contribution in [3.05, 3.63) is 63.1 Å². The first-order valence-corrected chi connectivity index (χ1v) is 14.0. The highest BCUT2D eigenvalue weighted by atomic mass is 32.2. The van der Waals surface area contributed by atoms with Crippen LogP contribution in [-0.4, -0.2) is 72.3 Å². The van der Waals surface area contributed by atoms with E-state index in [2.05, 4.69) is 0 Å². The minimum atomic E-state index is -0.899. The highest BCUT2D eigenvalue weighted by Gasteiger charge is 2.87. The quantitative estimate of drug-likeness (QED) is 0.383. The van der Waals surface area contributed by atoms with Crippen LogP contribution >= 0.6 is 11.8 Å². The number of nitrogens with one attached hydrogen (secondary N) is 2. The maximum Gasteiger partial charge on any atom is 0.278 e. The molecular weight excluding hydrogens is 542 g/mol. The van der Waals surface area contributed by atoms with Gasteiger partial charge < -0.3 is 14.9 Å². The largest absolute Gasteiger partial charge is 0.502 e. The predicted octanol–water partition coefficient (Wildman–Crippen LogP) is 2.39. The number of fused-ring (bicyclic) bond motifs is 4. The van der Waals surface area contributed by atoms with Crippen LogP contribution in [0.2, 0.25) is 0 Å². The van der Waals surface area contributed by atoms with Crippen LogP contribution in [0.3, 0.4) is 0 Å². The van der Waals surface area contributed by atoms with Crippen LogP contribution in [0.15, 0.2) is 29.2 Å². The van der Waals surface area contributed by atoms with E-state index in [1.165, 1.54) is 16.9 Å². The third-order valence-electron chi connectivity index (χ3n) is 9.38. The molecule has 1 aromatic heterocycles. The van der Waals surface area contributed by atoms with Crippen molar-refractivity contribution in [2.45, 2.75) is 56.8 Å². The van der Waals surface area contributed by atoms with Gasteiger partial charge in [0.25, 0.3) is 5.91 Å². The van der Waals surface area contributed by atoms with Crippen LogP contribution in [0.4, 0.5) is 8.78 Å². The zero-order chi connectivity index (χ0) is 28.3. The minimum absolute atomic E-state index is 0.000733. The van der Waals surface area contributed by atoms with Gasteiger partial charge in [-0.1, -0.05) is 17.8 Å². The Bertz CT molecular complexity index is 1630. The topological polar surface area (TPSA) is 134 Å². The van der Waals surface area contributed by atoms with Gasteiger partial charge in [0.15, 0.2) is 11.4 Å². The van der Waals surface area contributed by atoms with E-state index >= 15 is 0 Å². The molecule has 4 fully saturated rings. The maximum atomic E-state index is 14.1. The molecule has 3 N–H and O–H groups in total. The average molecular weight is 569 g/mol. The highest BCUT2D eigenvalue weighted by molar-refractivity contribution is 8.26. The number of benzene rings is 1. The standard InChI is InChI=1S/C27H26F2N6O4S/c1-2-33-25(39)21-23(38)22(37)16(24(31)40-19(30)7-13-3-4-14(28)8-17(13)29)11-34(21)35-18-10-26(18)12-32-15(5-6-20(32)36)9-27(26,33)35/h3-4,8,11,15,18,30-31,38H,2,5-7,9-10,12H2,1H3. The molecule has 2 spiro atoms. The molecule has 2 amide bonds. The van der Waals surface area contributed by atoms with Crippen LogP contribution in [0.5, 0.6) is 5.75 Å². The van der Waals surface area contributed by atoms with Crippen LogP contribution in [0.1, 0.15) is 54.2 Å². The van der Waals surface area contributed by atoms with Gasteiger partial charge >= 0.3 is 0 Å². The Morgan fingerprint density at radius 2 is 1.98 bits per heavy atom. The molecule has 7 rings (SSSR count). The van der Waals surface area contributed by atoms with Crippen molar-refractivity contribution in [2.75, 3.05) is 18.1 Å². The van der Waals surface area contributed by atoms with Gasteiger partial charge in [0, 0.05) is 50.7 Å². The van der Waals surface area contributed by atoms with E-state index in [1.807, 2.05) is 16.8 Å². The molecular formula is C27H26F2N6O4S. The van der Waals surface area contributed by atoms with Crippen molar-refractivity contribution in [3.63, 3.8) is 0 Å². The second-order valence-corrected chi connectivity index (χ2v) is 12.3. The number of hydrogen-bond donors (Lipinski definition) is 3. The SMILES string of the molecule is CCN1C(=O)c2c(O)c(=O)c(C(=N)SC(=N)Cc3ccc(F)cc3F)cn2N2C3CC34CN3C(=O)CCC3CC124. The summed E-state index contributed by atoms with van der Waals surface area (Å²) < 4.78 is 28.9. The van der Waals surface area contributed by atoms with E-state index in [1.54, 1.807) is 4.90 Å². The van der Waals surface area contributed by atoms with Crippen molar-refractivity contribution in [1.82, 2.24) is 14.5 Å². The number of carbonyl (C=O) groups excluding carboxylic acids is 2. The van der Waals surface area contributed by atoms with Gasteiger partial charge in [0.2, 0.25) is 11.3 Å². The van der Waals surface area contributed by atoms with Crippen LogP contribution in [0.25, 0.3) is 0 Å². The van der Waals surface area contributed by atoms with E-state index in [-0.39, 0.29) is 56.7 Å². The molecule has 0 bridgehead atoms. The van der Waals surface area contributed by atoms with E-state index in [0.717, 1.165) is 18.6 Å². The Morgan fingerprint density at radius 1 is 1.20 bits per heavy atom. The van der Waals surface area contributed by atoms with Crippen molar-refractivity contribution < 1.29 is 23.5 Å². The van der Waals surface area contributed by atoms with Gasteiger partial charge in [-0.2, -0.15) is 0 Å². The molecule has 3 saturated heterocycles. The number of carbonyl (C=O) groups is 2. The third-order valence-corrected chi connectivity index (χ3v) is 10.2. The molecule has 2 aromatic rings. The molecule has 5 aliphatic rings. The van der Waals surface area contributed by atoms with Crippen LogP contribution in [-0.2, 0) is 11.2 Å². The minimum Gasteiger partial charge on any atom is -0.502 e. The predicted molar refractivity (Wildman–Crippen MR) is 142 cm³/mol. The van der Waals surface area contributed by atoms with Crippen molar-refractivity contribution in [1.29, 1.82) is 10.8 Å². The van der Waals surface area contributed by atoms with Gasteiger partial charge in [-0.25, -0.2) is 8.78 Å². The Morgan fingerprint density at radius 3 is 2.70 bits per heavy atom. The van der Waals surface area contributed by atoms with Gasteiger partial charge in [-0.05, 0) is 31.4 Å². The molecule has 1 aliphatic carbocycles. The van der Waals surface area contributed by atoms with E-state index < -0.39 is 34.4 Å². The van der Waals surface area contributed by atoms with Crippen molar-refractivity contribution in [3.8, 4) is 5.75 Å². The molecule has 208 valence electrons. The molecule has 10 nitrogen and oxygen atoms in total. The summed E-state index contributed by atoms with van der Waals surface area (Å²) in [6, 6.07) is 3.02. The summed E-state index contributed by atoms with van der Waals surface area (Å²) in [5, 5.41) is 29.4. The lowest BCUT2D eigenvalue weighted by Crippen LogP contribution is -2.86. The monoisotopic (exact) mass is 568 g/mol. The number of pyridine rings is 1.